The molecular formula is C14H11BrClN3. The number of nitrogens with zero attached hydrogens (tertiary/aromatic N) is 2. The lowest BCUT2D eigenvalue weighted by Gasteiger charge is -2.09. The summed E-state index contributed by atoms with van der Waals surface area (Å²) in [4.78, 5) is 4.44. The topological polar surface area (TPSA) is 43.8 Å². The Morgan fingerprint density at radius 2 is 2.05 bits per heavy atom. The number of fused-ring (bicyclic) bond motifs is 1. The van der Waals surface area contributed by atoms with Gasteiger partial charge in [-0.1, -0.05) is 23.7 Å². The Kier molecular flexibility index (Phi) is 2.99. The molecule has 0 amide bonds. The first-order valence-corrected chi connectivity index (χ1v) is 6.94. The number of aromatic nitrogens is 2. The average Bonchev–Trinajstić information content (AvgIpc) is 2.70. The number of imidazole rings is 1. The molecule has 96 valence electrons. The van der Waals surface area contributed by atoms with E-state index in [1.165, 1.54) is 0 Å². The van der Waals surface area contributed by atoms with E-state index in [1.54, 1.807) is 0 Å². The second-order valence-electron chi connectivity index (χ2n) is 4.34. The van der Waals surface area contributed by atoms with E-state index in [2.05, 4.69) is 20.9 Å². The molecule has 2 aromatic carbocycles. The number of nitrogen functional groups attached to an aromatic ring is 1. The maximum Gasteiger partial charge on any atom is 0.205 e. The lowest BCUT2D eigenvalue weighted by molar-refractivity contribution is 1.10. The van der Waals surface area contributed by atoms with Gasteiger partial charge in [-0.2, -0.15) is 0 Å². The lowest BCUT2D eigenvalue weighted by Crippen LogP contribution is -2.01. The van der Waals surface area contributed by atoms with Gasteiger partial charge in [0.1, 0.15) is 0 Å². The molecule has 0 aliphatic carbocycles. The van der Waals surface area contributed by atoms with Crippen molar-refractivity contribution >= 4 is 44.5 Å². The Morgan fingerprint density at radius 3 is 2.84 bits per heavy atom. The van der Waals surface area contributed by atoms with Gasteiger partial charge in [0.15, 0.2) is 0 Å². The minimum Gasteiger partial charge on any atom is -0.369 e. The largest absolute Gasteiger partial charge is 0.369 e. The van der Waals surface area contributed by atoms with E-state index in [0.29, 0.717) is 11.0 Å². The molecule has 3 rings (SSSR count). The summed E-state index contributed by atoms with van der Waals surface area (Å²) in [6.45, 7) is 2.02. The molecule has 0 aliphatic heterocycles. The number of hydrogen-bond donors (Lipinski definition) is 1. The SMILES string of the molecule is Cc1cccc2c1nc(N)n2-c1cc(Cl)ccc1Br. The highest BCUT2D eigenvalue weighted by atomic mass is 79.9. The third-order valence-electron chi connectivity index (χ3n) is 3.06. The predicted molar refractivity (Wildman–Crippen MR) is 82.9 cm³/mol. The number of hydrogen-bond acceptors (Lipinski definition) is 2. The van der Waals surface area contributed by atoms with Crippen LogP contribution in [-0.2, 0) is 0 Å². The molecule has 0 saturated carbocycles. The molecule has 0 spiro atoms. The van der Waals surface area contributed by atoms with Crippen molar-refractivity contribution in [3.63, 3.8) is 0 Å². The number of aryl methyl sites for hydroxylation is 1. The molecule has 3 aromatic rings. The van der Waals surface area contributed by atoms with Crippen molar-refractivity contribution in [2.24, 2.45) is 0 Å². The van der Waals surface area contributed by atoms with Gasteiger partial charge in [-0.15, -0.1) is 0 Å². The van der Waals surface area contributed by atoms with Crippen LogP contribution in [0.25, 0.3) is 16.7 Å². The van der Waals surface area contributed by atoms with Crippen LogP contribution in [0.5, 0.6) is 0 Å². The summed E-state index contributed by atoms with van der Waals surface area (Å²) in [5.74, 6) is 0.451. The number of nitrogens with two attached hydrogens (primary N) is 1. The Hall–Kier alpha value is -1.52. The van der Waals surface area contributed by atoms with Crippen LogP contribution >= 0.6 is 27.5 Å². The standard InChI is InChI=1S/C14H11BrClN3/c1-8-3-2-4-11-13(8)18-14(17)19(11)12-7-9(16)5-6-10(12)15/h2-7H,1H3,(H2,17,18). The highest BCUT2D eigenvalue weighted by Gasteiger charge is 2.13. The van der Waals surface area contributed by atoms with Crippen LogP contribution < -0.4 is 5.73 Å². The molecule has 0 fully saturated rings. The van der Waals surface area contributed by atoms with E-state index in [1.807, 2.05) is 47.9 Å². The van der Waals surface area contributed by atoms with Gasteiger partial charge in [0, 0.05) is 9.50 Å². The number of halogens is 2. The monoisotopic (exact) mass is 335 g/mol. The zero-order valence-electron chi connectivity index (χ0n) is 10.2. The molecule has 0 aliphatic rings. The van der Waals surface area contributed by atoms with Gasteiger partial charge in [0.2, 0.25) is 5.95 Å². The van der Waals surface area contributed by atoms with Crippen molar-refractivity contribution in [3.05, 3.63) is 51.5 Å². The fraction of sp³-hybridized carbons (Fsp3) is 0.0714. The van der Waals surface area contributed by atoms with Crippen LogP contribution in [0.4, 0.5) is 5.95 Å². The molecule has 2 N–H and O–H groups in total. The predicted octanol–water partition coefficient (Wildman–Crippen LogP) is 4.33. The maximum atomic E-state index is 6.07. The number of para-hydroxylation sites is 1. The zero-order chi connectivity index (χ0) is 13.6. The van der Waals surface area contributed by atoms with Crippen LogP contribution in [0, 0.1) is 6.92 Å². The first-order valence-electron chi connectivity index (χ1n) is 5.77. The highest BCUT2D eigenvalue weighted by molar-refractivity contribution is 9.10. The smallest absolute Gasteiger partial charge is 0.205 e. The van der Waals surface area contributed by atoms with Crippen molar-refractivity contribution in [1.82, 2.24) is 9.55 Å². The fourth-order valence-corrected chi connectivity index (χ4v) is 2.76. The quantitative estimate of drug-likeness (QED) is 0.718. The molecule has 0 bridgehead atoms. The summed E-state index contributed by atoms with van der Waals surface area (Å²) in [6, 6.07) is 11.6. The second kappa shape index (κ2) is 4.54. The molecular weight excluding hydrogens is 326 g/mol. The summed E-state index contributed by atoms with van der Waals surface area (Å²) >= 11 is 9.60. The fourth-order valence-electron chi connectivity index (χ4n) is 2.17. The van der Waals surface area contributed by atoms with Gasteiger partial charge in [0.25, 0.3) is 0 Å². The number of rotatable bonds is 1. The molecule has 5 heteroatoms. The summed E-state index contributed by atoms with van der Waals surface area (Å²) in [5, 5.41) is 0.659. The Bertz CT molecular complexity index is 780. The van der Waals surface area contributed by atoms with Gasteiger partial charge in [-0.3, -0.25) is 4.57 Å². The molecule has 19 heavy (non-hydrogen) atoms. The third-order valence-corrected chi connectivity index (χ3v) is 3.97. The first kappa shape index (κ1) is 12.5. The molecule has 0 unspecified atom stereocenters. The molecule has 1 aromatic heterocycles. The zero-order valence-corrected chi connectivity index (χ0v) is 12.5. The Balaban J connectivity index is 2.39. The lowest BCUT2D eigenvalue weighted by atomic mass is 10.2. The first-order chi connectivity index (χ1) is 9.08. The van der Waals surface area contributed by atoms with Crippen LogP contribution in [0.3, 0.4) is 0 Å². The summed E-state index contributed by atoms with van der Waals surface area (Å²) < 4.78 is 2.82. The Labute approximate surface area is 124 Å². The van der Waals surface area contributed by atoms with E-state index >= 15 is 0 Å². The number of anilines is 1. The highest BCUT2D eigenvalue weighted by Crippen LogP contribution is 2.31. The normalized spacial score (nSPS) is 11.1. The van der Waals surface area contributed by atoms with Crippen LogP contribution in [0.2, 0.25) is 5.02 Å². The van der Waals surface area contributed by atoms with Gasteiger partial charge < -0.3 is 5.73 Å². The molecule has 0 saturated heterocycles. The second-order valence-corrected chi connectivity index (χ2v) is 5.63. The summed E-state index contributed by atoms with van der Waals surface area (Å²) in [7, 11) is 0. The minimum absolute atomic E-state index is 0.451. The molecule has 0 atom stereocenters. The van der Waals surface area contributed by atoms with Crippen molar-refractivity contribution in [2.45, 2.75) is 6.92 Å². The average molecular weight is 337 g/mol. The summed E-state index contributed by atoms with van der Waals surface area (Å²) in [6.07, 6.45) is 0. The van der Waals surface area contributed by atoms with Crippen LogP contribution in [0.1, 0.15) is 5.56 Å². The van der Waals surface area contributed by atoms with Crippen molar-refractivity contribution in [3.8, 4) is 5.69 Å². The van der Waals surface area contributed by atoms with E-state index in [0.717, 1.165) is 26.8 Å². The third kappa shape index (κ3) is 2.01. The Morgan fingerprint density at radius 1 is 1.26 bits per heavy atom. The van der Waals surface area contributed by atoms with Crippen LogP contribution in [0.15, 0.2) is 40.9 Å². The van der Waals surface area contributed by atoms with Crippen molar-refractivity contribution < 1.29 is 0 Å². The van der Waals surface area contributed by atoms with E-state index in [-0.39, 0.29) is 0 Å². The van der Waals surface area contributed by atoms with E-state index in [4.69, 9.17) is 17.3 Å². The van der Waals surface area contributed by atoms with Gasteiger partial charge >= 0.3 is 0 Å². The minimum atomic E-state index is 0.451. The van der Waals surface area contributed by atoms with Gasteiger partial charge in [-0.25, -0.2) is 4.98 Å². The van der Waals surface area contributed by atoms with Crippen LogP contribution in [-0.4, -0.2) is 9.55 Å². The van der Waals surface area contributed by atoms with Crippen molar-refractivity contribution in [2.75, 3.05) is 5.73 Å². The maximum absolute atomic E-state index is 6.07. The van der Waals surface area contributed by atoms with E-state index < -0.39 is 0 Å². The molecule has 0 radical (unpaired) electrons. The molecule has 3 nitrogen and oxygen atoms in total. The van der Waals surface area contributed by atoms with E-state index in [9.17, 15) is 0 Å². The molecule has 1 heterocycles. The van der Waals surface area contributed by atoms with Gasteiger partial charge in [-0.05, 0) is 52.7 Å². The van der Waals surface area contributed by atoms with Crippen molar-refractivity contribution in [1.29, 1.82) is 0 Å². The number of benzene rings is 2. The summed E-state index contributed by atoms with van der Waals surface area (Å²) in [5.41, 5.74) is 9.93. The van der Waals surface area contributed by atoms with Gasteiger partial charge in [0.05, 0.1) is 16.7 Å².